The van der Waals surface area contributed by atoms with Crippen LogP contribution in [0.25, 0.3) is 0 Å². The Bertz CT molecular complexity index is 732. The van der Waals surface area contributed by atoms with E-state index in [1.165, 1.54) is 0 Å². The second-order valence-corrected chi connectivity index (χ2v) is 6.18. The van der Waals surface area contributed by atoms with Gasteiger partial charge in [0.15, 0.2) is 0 Å². The summed E-state index contributed by atoms with van der Waals surface area (Å²) < 4.78 is 10.7. The van der Waals surface area contributed by atoms with E-state index in [1.807, 2.05) is 30.3 Å². The van der Waals surface area contributed by atoms with Crippen LogP contribution in [-0.4, -0.2) is 39.8 Å². The monoisotopic (exact) mass is 340 g/mol. The van der Waals surface area contributed by atoms with Gasteiger partial charge in [0.1, 0.15) is 11.5 Å². The molecule has 1 aliphatic heterocycles. The van der Waals surface area contributed by atoms with Crippen molar-refractivity contribution in [3.8, 4) is 11.5 Å². The van der Waals surface area contributed by atoms with Crippen LogP contribution in [-0.2, 0) is 0 Å². The number of carbonyl (C=O) groups is 1. The van der Waals surface area contributed by atoms with E-state index in [1.54, 1.807) is 26.4 Å². The van der Waals surface area contributed by atoms with Crippen LogP contribution in [0, 0.1) is 5.92 Å². The zero-order chi connectivity index (χ0) is 17.6. The lowest BCUT2D eigenvalue weighted by molar-refractivity contribution is 0.0945. The summed E-state index contributed by atoms with van der Waals surface area (Å²) in [7, 11) is 3.27. The smallest absolute Gasteiger partial charge is 0.255 e. The van der Waals surface area contributed by atoms with Crippen molar-refractivity contribution >= 4 is 11.6 Å². The molecular weight excluding hydrogens is 316 g/mol. The minimum absolute atomic E-state index is 0.0896. The highest BCUT2D eigenvalue weighted by molar-refractivity contribution is 5.96. The molecule has 2 aromatic rings. The van der Waals surface area contributed by atoms with Crippen molar-refractivity contribution < 1.29 is 14.3 Å². The number of rotatable bonds is 6. The summed E-state index contributed by atoms with van der Waals surface area (Å²) in [5.41, 5.74) is 1.69. The Morgan fingerprint density at radius 1 is 1.08 bits per heavy atom. The Hall–Kier alpha value is -2.69. The summed E-state index contributed by atoms with van der Waals surface area (Å²) in [4.78, 5) is 14.7. The standard InChI is InChI=1S/C20H24N2O3/c1-24-18-9-5-3-7-16(18)20(23)21-13-15-11-12-22(14-15)17-8-4-6-10-19(17)25-2/h3-10,15H,11-14H2,1-2H3,(H,21,23)/t15-/m0/s1. The normalized spacial score (nSPS) is 16.6. The van der Waals surface area contributed by atoms with Crippen molar-refractivity contribution in [1.29, 1.82) is 0 Å². The summed E-state index contributed by atoms with van der Waals surface area (Å²) >= 11 is 0. The van der Waals surface area contributed by atoms with Gasteiger partial charge in [0.25, 0.3) is 5.91 Å². The highest BCUT2D eigenvalue weighted by atomic mass is 16.5. The molecule has 0 saturated carbocycles. The van der Waals surface area contributed by atoms with Crippen LogP contribution in [0.3, 0.4) is 0 Å². The van der Waals surface area contributed by atoms with Crippen molar-refractivity contribution in [2.45, 2.75) is 6.42 Å². The molecule has 1 heterocycles. The number of para-hydroxylation sites is 3. The van der Waals surface area contributed by atoms with Crippen molar-refractivity contribution in [3.05, 3.63) is 54.1 Å². The number of nitrogens with zero attached hydrogens (tertiary/aromatic N) is 1. The number of hydrogen-bond donors (Lipinski definition) is 1. The van der Waals surface area contributed by atoms with Crippen molar-refractivity contribution in [2.75, 3.05) is 38.8 Å². The van der Waals surface area contributed by atoms with E-state index in [9.17, 15) is 4.79 Å². The molecule has 0 unspecified atom stereocenters. The number of nitrogens with one attached hydrogen (secondary N) is 1. The van der Waals surface area contributed by atoms with Gasteiger partial charge in [-0.05, 0) is 36.6 Å². The third-order valence-corrected chi connectivity index (χ3v) is 4.61. The fraction of sp³-hybridized carbons (Fsp3) is 0.350. The molecule has 25 heavy (non-hydrogen) atoms. The minimum atomic E-state index is -0.0896. The molecule has 1 N–H and O–H groups in total. The van der Waals surface area contributed by atoms with Crippen LogP contribution in [0.4, 0.5) is 5.69 Å². The number of anilines is 1. The summed E-state index contributed by atoms with van der Waals surface area (Å²) in [5, 5.41) is 3.04. The highest BCUT2D eigenvalue weighted by Gasteiger charge is 2.25. The van der Waals surface area contributed by atoms with Crippen LogP contribution in [0.2, 0.25) is 0 Å². The topological polar surface area (TPSA) is 50.8 Å². The lowest BCUT2D eigenvalue weighted by Gasteiger charge is -2.21. The van der Waals surface area contributed by atoms with E-state index in [2.05, 4.69) is 16.3 Å². The zero-order valence-corrected chi connectivity index (χ0v) is 14.7. The molecule has 3 rings (SSSR count). The number of benzene rings is 2. The Labute approximate surface area is 148 Å². The molecule has 0 bridgehead atoms. The predicted octanol–water partition coefficient (Wildman–Crippen LogP) is 2.96. The largest absolute Gasteiger partial charge is 0.496 e. The molecule has 0 radical (unpaired) electrons. The van der Waals surface area contributed by atoms with E-state index < -0.39 is 0 Å². The average molecular weight is 340 g/mol. The lowest BCUT2D eigenvalue weighted by Crippen LogP contribution is -2.31. The maximum absolute atomic E-state index is 12.4. The first-order chi connectivity index (χ1) is 12.2. The van der Waals surface area contributed by atoms with Gasteiger partial charge >= 0.3 is 0 Å². The molecular formula is C20H24N2O3. The van der Waals surface area contributed by atoms with Gasteiger partial charge in [-0.15, -0.1) is 0 Å². The molecule has 0 aliphatic carbocycles. The molecule has 2 aromatic carbocycles. The van der Waals surface area contributed by atoms with E-state index in [4.69, 9.17) is 9.47 Å². The Balaban J connectivity index is 1.58. The fourth-order valence-electron chi connectivity index (χ4n) is 3.27. The lowest BCUT2D eigenvalue weighted by atomic mass is 10.1. The molecule has 0 aromatic heterocycles. The maximum atomic E-state index is 12.4. The summed E-state index contributed by atoms with van der Waals surface area (Å²) in [6.45, 7) is 2.53. The SMILES string of the molecule is COc1ccccc1C(=O)NC[C@@H]1CCN(c2ccccc2OC)C1. The molecule has 1 amide bonds. The number of ether oxygens (including phenoxy) is 2. The summed E-state index contributed by atoms with van der Waals surface area (Å²) in [6.07, 6.45) is 1.05. The molecule has 0 spiro atoms. The fourth-order valence-corrected chi connectivity index (χ4v) is 3.27. The number of carbonyl (C=O) groups excluding carboxylic acids is 1. The predicted molar refractivity (Wildman–Crippen MR) is 98.6 cm³/mol. The van der Waals surface area contributed by atoms with Gasteiger partial charge in [-0.1, -0.05) is 24.3 Å². The quantitative estimate of drug-likeness (QED) is 0.878. The Morgan fingerprint density at radius 3 is 2.52 bits per heavy atom. The molecule has 1 atom stereocenters. The highest BCUT2D eigenvalue weighted by Crippen LogP contribution is 2.31. The van der Waals surface area contributed by atoms with Gasteiger partial charge in [-0.2, -0.15) is 0 Å². The van der Waals surface area contributed by atoms with Crippen molar-refractivity contribution in [3.63, 3.8) is 0 Å². The molecule has 5 heteroatoms. The van der Waals surface area contributed by atoms with Gasteiger partial charge in [0.2, 0.25) is 0 Å². The summed E-state index contributed by atoms with van der Waals surface area (Å²) in [6, 6.07) is 15.3. The van der Waals surface area contributed by atoms with E-state index in [0.29, 0.717) is 23.8 Å². The van der Waals surface area contributed by atoms with Crippen molar-refractivity contribution in [2.24, 2.45) is 5.92 Å². The molecule has 1 saturated heterocycles. The van der Waals surface area contributed by atoms with E-state index in [0.717, 1.165) is 30.9 Å². The maximum Gasteiger partial charge on any atom is 0.255 e. The van der Waals surface area contributed by atoms with Crippen LogP contribution in [0.5, 0.6) is 11.5 Å². The van der Waals surface area contributed by atoms with Crippen LogP contribution in [0.1, 0.15) is 16.8 Å². The van der Waals surface area contributed by atoms with Crippen LogP contribution in [0.15, 0.2) is 48.5 Å². The summed E-state index contributed by atoms with van der Waals surface area (Å²) in [5.74, 6) is 1.82. The third kappa shape index (κ3) is 3.87. The van der Waals surface area contributed by atoms with Crippen molar-refractivity contribution in [1.82, 2.24) is 5.32 Å². The van der Waals surface area contributed by atoms with Gasteiger partial charge < -0.3 is 19.7 Å². The number of hydrogen-bond acceptors (Lipinski definition) is 4. The Kier molecular flexibility index (Phi) is 5.43. The molecule has 1 aliphatic rings. The van der Waals surface area contributed by atoms with Gasteiger partial charge in [0.05, 0.1) is 25.5 Å². The number of amides is 1. The average Bonchev–Trinajstić information content (AvgIpc) is 3.14. The molecule has 1 fully saturated rings. The molecule has 5 nitrogen and oxygen atoms in total. The van der Waals surface area contributed by atoms with Gasteiger partial charge in [0, 0.05) is 19.6 Å². The molecule has 132 valence electrons. The first-order valence-corrected chi connectivity index (χ1v) is 8.52. The third-order valence-electron chi connectivity index (χ3n) is 4.61. The first kappa shape index (κ1) is 17.1. The van der Waals surface area contributed by atoms with Crippen LogP contribution < -0.4 is 19.7 Å². The minimum Gasteiger partial charge on any atom is -0.496 e. The number of methoxy groups -OCH3 is 2. The van der Waals surface area contributed by atoms with E-state index in [-0.39, 0.29) is 5.91 Å². The van der Waals surface area contributed by atoms with E-state index >= 15 is 0 Å². The first-order valence-electron chi connectivity index (χ1n) is 8.52. The Morgan fingerprint density at radius 2 is 1.76 bits per heavy atom. The second-order valence-electron chi connectivity index (χ2n) is 6.18. The van der Waals surface area contributed by atoms with Gasteiger partial charge in [-0.25, -0.2) is 0 Å². The van der Waals surface area contributed by atoms with Gasteiger partial charge in [-0.3, -0.25) is 4.79 Å². The zero-order valence-electron chi connectivity index (χ0n) is 14.7. The van der Waals surface area contributed by atoms with Crippen LogP contribution >= 0.6 is 0 Å². The second kappa shape index (κ2) is 7.92.